The SMILES string of the molecule is CC1(C)C2CCC1(C)C(NC(=O)c1ncn[nH]1)C2. The van der Waals surface area contributed by atoms with E-state index in [1.165, 1.54) is 19.2 Å². The highest BCUT2D eigenvalue weighted by molar-refractivity contribution is 5.90. The number of hydrogen-bond acceptors (Lipinski definition) is 3. The number of H-pyrrole nitrogens is 1. The van der Waals surface area contributed by atoms with E-state index in [0.29, 0.717) is 11.2 Å². The minimum Gasteiger partial charge on any atom is -0.346 e. The summed E-state index contributed by atoms with van der Waals surface area (Å²) >= 11 is 0. The zero-order valence-corrected chi connectivity index (χ0v) is 11.2. The van der Waals surface area contributed by atoms with Crippen LogP contribution in [0.1, 0.15) is 50.7 Å². The minimum absolute atomic E-state index is 0.137. The Morgan fingerprint density at radius 1 is 1.50 bits per heavy atom. The molecule has 1 aromatic rings. The molecule has 2 aliphatic carbocycles. The predicted octanol–water partition coefficient (Wildman–Crippen LogP) is 1.75. The maximum absolute atomic E-state index is 12.0. The van der Waals surface area contributed by atoms with Crippen LogP contribution in [0.2, 0.25) is 0 Å². The van der Waals surface area contributed by atoms with E-state index >= 15 is 0 Å². The summed E-state index contributed by atoms with van der Waals surface area (Å²) in [5.74, 6) is 0.892. The van der Waals surface area contributed by atoms with Gasteiger partial charge < -0.3 is 5.32 Å². The molecule has 3 rings (SSSR count). The summed E-state index contributed by atoms with van der Waals surface area (Å²) in [5, 5.41) is 9.47. The highest BCUT2D eigenvalue weighted by Crippen LogP contribution is 2.65. The third-order valence-electron chi connectivity index (χ3n) is 5.73. The van der Waals surface area contributed by atoms with Crippen molar-refractivity contribution in [3.8, 4) is 0 Å². The van der Waals surface area contributed by atoms with Gasteiger partial charge in [0.05, 0.1) is 0 Å². The quantitative estimate of drug-likeness (QED) is 0.837. The second-order valence-electron chi connectivity index (χ2n) is 6.47. The fourth-order valence-corrected chi connectivity index (χ4v) is 3.96. The maximum atomic E-state index is 12.0. The molecular formula is C13H20N4O. The van der Waals surface area contributed by atoms with Crippen LogP contribution in [0.15, 0.2) is 6.33 Å². The van der Waals surface area contributed by atoms with Crippen LogP contribution >= 0.6 is 0 Å². The highest BCUT2D eigenvalue weighted by atomic mass is 16.2. The molecule has 0 aliphatic heterocycles. The molecule has 2 saturated carbocycles. The third kappa shape index (κ3) is 1.36. The first-order valence-corrected chi connectivity index (χ1v) is 6.61. The van der Waals surface area contributed by atoms with Gasteiger partial charge in [-0.15, -0.1) is 0 Å². The second-order valence-corrected chi connectivity index (χ2v) is 6.47. The number of hydrogen-bond donors (Lipinski definition) is 2. The van der Waals surface area contributed by atoms with Crippen LogP contribution in [0.3, 0.4) is 0 Å². The molecule has 2 fully saturated rings. The van der Waals surface area contributed by atoms with Crippen LogP contribution in [-0.2, 0) is 0 Å². The number of aromatic amines is 1. The van der Waals surface area contributed by atoms with Crippen molar-refractivity contribution < 1.29 is 4.79 Å². The van der Waals surface area contributed by atoms with Crippen molar-refractivity contribution in [3.63, 3.8) is 0 Å². The number of carbonyl (C=O) groups is 1. The van der Waals surface area contributed by atoms with Crippen molar-refractivity contribution in [1.82, 2.24) is 20.5 Å². The summed E-state index contributed by atoms with van der Waals surface area (Å²) in [6.45, 7) is 6.99. The van der Waals surface area contributed by atoms with Gasteiger partial charge in [-0.25, -0.2) is 4.98 Å². The molecule has 5 heteroatoms. The van der Waals surface area contributed by atoms with Gasteiger partial charge in [0.1, 0.15) is 6.33 Å². The van der Waals surface area contributed by atoms with Gasteiger partial charge in [-0.3, -0.25) is 9.89 Å². The van der Waals surface area contributed by atoms with Gasteiger partial charge in [0.15, 0.2) is 0 Å². The van der Waals surface area contributed by atoms with Gasteiger partial charge in [0.2, 0.25) is 5.82 Å². The molecule has 2 aliphatic rings. The van der Waals surface area contributed by atoms with Crippen LogP contribution in [-0.4, -0.2) is 27.1 Å². The molecule has 1 amide bonds. The van der Waals surface area contributed by atoms with Gasteiger partial charge in [-0.2, -0.15) is 5.10 Å². The van der Waals surface area contributed by atoms with Gasteiger partial charge in [-0.1, -0.05) is 20.8 Å². The van der Waals surface area contributed by atoms with E-state index in [1.54, 1.807) is 0 Å². The summed E-state index contributed by atoms with van der Waals surface area (Å²) in [7, 11) is 0. The van der Waals surface area contributed by atoms with E-state index in [2.05, 4.69) is 41.3 Å². The molecule has 2 N–H and O–H groups in total. The minimum atomic E-state index is -0.137. The first kappa shape index (κ1) is 11.7. The Hall–Kier alpha value is -1.39. The molecular weight excluding hydrogens is 228 g/mol. The number of aromatic nitrogens is 3. The summed E-state index contributed by atoms with van der Waals surface area (Å²) in [5.41, 5.74) is 0.514. The molecule has 98 valence electrons. The number of amides is 1. The lowest BCUT2D eigenvalue weighted by atomic mass is 9.69. The van der Waals surface area contributed by atoms with Crippen molar-refractivity contribution in [2.45, 2.75) is 46.1 Å². The van der Waals surface area contributed by atoms with Gasteiger partial charge in [-0.05, 0) is 36.0 Å². The van der Waals surface area contributed by atoms with Gasteiger partial charge in [0, 0.05) is 6.04 Å². The molecule has 3 atom stereocenters. The number of carbonyl (C=O) groups excluding carboxylic acids is 1. The lowest BCUT2D eigenvalue weighted by Gasteiger charge is -2.39. The first-order chi connectivity index (χ1) is 8.45. The van der Waals surface area contributed by atoms with E-state index < -0.39 is 0 Å². The van der Waals surface area contributed by atoms with E-state index in [1.807, 2.05) is 0 Å². The average molecular weight is 248 g/mol. The number of rotatable bonds is 2. The van der Waals surface area contributed by atoms with Crippen LogP contribution < -0.4 is 5.32 Å². The lowest BCUT2D eigenvalue weighted by molar-refractivity contribution is 0.0817. The largest absolute Gasteiger partial charge is 0.346 e. The van der Waals surface area contributed by atoms with E-state index in [9.17, 15) is 4.79 Å². The molecule has 0 spiro atoms. The molecule has 5 nitrogen and oxygen atoms in total. The summed E-state index contributed by atoms with van der Waals surface area (Å²) < 4.78 is 0. The summed E-state index contributed by atoms with van der Waals surface area (Å²) in [6.07, 6.45) is 4.94. The van der Waals surface area contributed by atoms with E-state index in [-0.39, 0.29) is 17.4 Å². The molecule has 2 bridgehead atoms. The Bertz CT molecular complexity index is 467. The maximum Gasteiger partial charge on any atom is 0.288 e. The predicted molar refractivity (Wildman–Crippen MR) is 66.9 cm³/mol. The van der Waals surface area contributed by atoms with Crippen molar-refractivity contribution in [2.75, 3.05) is 0 Å². The summed E-state index contributed by atoms with van der Waals surface area (Å²) in [6, 6.07) is 0.254. The van der Waals surface area contributed by atoms with E-state index in [4.69, 9.17) is 0 Å². The standard InChI is InChI=1S/C13H20N4O/c1-12(2)8-4-5-13(12,3)9(6-8)16-11(18)10-14-7-15-17-10/h7-9H,4-6H2,1-3H3,(H,16,18)(H,14,15,17). The third-order valence-corrected chi connectivity index (χ3v) is 5.73. The first-order valence-electron chi connectivity index (χ1n) is 6.61. The normalized spacial score (nSPS) is 36.8. The lowest BCUT2D eigenvalue weighted by Crippen LogP contribution is -2.47. The Morgan fingerprint density at radius 3 is 2.78 bits per heavy atom. The van der Waals surface area contributed by atoms with Crippen LogP contribution in [0.5, 0.6) is 0 Å². The number of nitrogens with one attached hydrogen (secondary N) is 2. The zero-order valence-electron chi connectivity index (χ0n) is 11.2. The Morgan fingerprint density at radius 2 is 2.28 bits per heavy atom. The van der Waals surface area contributed by atoms with Crippen LogP contribution in [0.4, 0.5) is 0 Å². The monoisotopic (exact) mass is 248 g/mol. The van der Waals surface area contributed by atoms with Crippen molar-refractivity contribution in [1.29, 1.82) is 0 Å². The number of nitrogens with zero attached hydrogens (tertiary/aromatic N) is 2. The topological polar surface area (TPSA) is 70.7 Å². The van der Waals surface area contributed by atoms with Crippen molar-refractivity contribution in [3.05, 3.63) is 12.2 Å². The van der Waals surface area contributed by atoms with Gasteiger partial charge in [0.25, 0.3) is 5.91 Å². The van der Waals surface area contributed by atoms with Crippen molar-refractivity contribution >= 4 is 5.91 Å². The molecule has 18 heavy (non-hydrogen) atoms. The van der Waals surface area contributed by atoms with E-state index in [0.717, 1.165) is 12.3 Å². The molecule has 1 heterocycles. The van der Waals surface area contributed by atoms with Crippen LogP contribution in [0, 0.1) is 16.7 Å². The van der Waals surface area contributed by atoms with Crippen LogP contribution in [0.25, 0.3) is 0 Å². The summed E-state index contributed by atoms with van der Waals surface area (Å²) in [4.78, 5) is 15.9. The molecule has 1 aromatic heterocycles. The smallest absolute Gasteiger partial charge is 0.288 e. The van der Waals surface area contributed by atoms with Gasteiger partial charge >= 0.3 is 0 Å². The molecule has 3 unspecified atom stereocenters. The Balaban J connectivity index is 1.78. The Kier molecular flexibility index (Phi) is 2.31. The molecule has 0 saturated heterocycles. The average Bonchev–Trinajstić information content (AvgIpc) is 2.95. The zero-order chi connectivity index (χ0) is 13.0. The second kappa shape index (κ2) is 3.56. The Labute approximate surface area is 107 Å². The number of fused-ring (bicyclic) bond motifs is 2. The molecule has 0 radical (unpaired) electrons. The fraction of sp³-hybridized carbons (Fsp3) is 0.769. The van der Waals surface area contributed by atoms with Crippen molar-refractivity contribution in [2.24, 2.45) is 16.7 Å². The fourth-order valence-electron chi connectivity index (χ4n) is 3.96. The molecule has 0 aromatic carbocycles. The highest BCUT2D eigenvalue weighted by Gasteiger charge is 2.61.